The molecule has 0 atom stereocenters. The van der Waals surface area contributed by atoms with E-state index in [4.69, 9.17) is 0 Å². The molecule has 0 unspecified atom stereocenters. The fourth-order valence-electron chi connectivity index (χ4n) is 6.39. The number of thiophene rings is 1. The molecule has 0 aliphatic rings. The van der Waals surface area contributed by atoms with Crippen molar-refractivity contribution in [3.05, 3.63) is 145 Å². The van der Waals surface area contributed by atoms with E-state index >= 15 is 0 Å². The maximum absolute atomic E-state index is 2.43. The molecule has 0 nitrogen and oxygen atoms in total. The summed E-state index contributed by atoms with van der Waals surface area (Å²) in [5.74, 6) is 0. The number of aryl methyl sites for hydroxylation is 1. The lowest BCUT2D eigenvalue weighted by atomic mass is 9.85. The summed E-state index contributed by atoms with van der Waals surface area (Å²) in [6, 6.07) is 51.3. The molecule has 1 aromatic heterocycles. The molecule has 0 N–H and O–H groups in total. The Morgan fingerprint density at radius 1 is 0.400 bits per heavy atom. The van der Waals surface area contributed by atoms with E-state index in [0.29, 0.717) is 0 Å². The van der Waals surface area contributed by atoms with Gasteiger partial charge >= 0.3 is 0 Å². The molecule has 40 heavy (non-hydrogen) atoms. The SMILES string of the molecule is Cc1cccc(-c2cccc3sc4ccc(-c5c6ccccc6c(-c6ccccc6)c6ccccc56)cc4c23)c1. The lowest BCUT2D eigenvalue weighted by Crippen LogP contribution is -1.90. The van der Waals surface area contributed by atoms with Gasteiger partial charge in [0.25, 0.3) is 0 Å². The van der Waals surface area contributed by atoms with Crippen LogP contribution in [0.2, 0.25) is 0 Å². The van der Waals surface area contributed by atoms with E-state index in [0.717, 1.165) is 0 Å². The zero-order valence-electron chi connectivity index (χ0n) is 22.2. The van der Waals surface area contributed by atoms with Crippen molar-refractivity contribution in [2.45, 2.75) is 6.92 Å². The van der Waals surface area contributed by atoms with E-state index in [9.17, 15) is 0 Å². The summed E-state index contributed by atoms with van der Waals surface area (Å²) in [6.45, 7) is 2.17. The molecular weight excluding hydrogens is 500 g/mol. The fourth-order valence-corrected chi connectivity index (χ4v) is 7.50. The second kappa shape index (κ2) is 9.19. The van der Waals surface area contributed by atoms with E-state index in [1.165, 1.54) is 80.7 Å². The van der Waals surface area contributed by atoms with Crippen LogP contribution in [0.15, 0.2) is 140 Å². The third-order valence-electron chi connectivity index (χ3n) is 8.11. The summed E-state index contributed by atoms with van der Waals surface area (Å²) in [5.41, 5.74) is 8.99. The first-order valence-corrected chi connectivity index (χ1v) is 14.6. The van der Waals surface area contributed by atoms with Crippen LogP contribution < -0.4 is 0 Å². The molecule has 1 heteroatoms. The maximum Gasteiger partial charge on any atom is 0.0361 e. The summed E-state index contributed by atoms with van der Waals surface area (Å²) in [7, 11) is 0. The highest BCUT2D eigenvalue weighted by atomic mass is 32.1. The van der Waals surface area contributed by atoms with Crippen LogP contribution in [0.5, 0.6) is 0 Å². The van der Waals surface area contributed by atoms with E-state index in [1.807, 2.05) is 11.3 Å². The van der Waals surface area contributed by atoms with Crippen LogP contribution in [0.1, 0.15) is 5.56 Å². The van der Waals surface area contributed by atoms with E-state index in [2.05, 4.69) is 146 Å². The second-order valence-corrected chi connectivity index (χ2v) is 11.7. The molecule has 0 amide bonds. The first-order chi connectivity index (χ1) is 19.8. The van der Waals surface area contributed by atoms with Crippen molar-refractivity contribution >= 4 is 53.1 Å². The Morgan fingerprint density at radius 3 is 1.68 bits per heavy atom. The average molecular weight is 527 g/mol. The highest BCUT2D eigenvalue weighted by Crippen LogP contribution is 2.46. The Labute approximate surface area is 237 Å². The van der Waals surface area contributed by atoms with Gasteiger partial charge in [0.2, 0.25) is 0 Å². The smallest absolute Gasteiger partial charge is 0.0361 e. The summed E-state index contributed by atoms with van der Waals surface area (Å²) in [5, 5.41) is 7.84. The van der Waals surface area contributed by atoms with Crippen LogP contribution in [0.25, 0.3) is 75.1 Å². The Hall–Kier alpha value is -4.72. The van der Waals surface area contributed by atoms with Gasteiger partial charge < -0.3 is 0 Å². The molecule has 8 aromatic rings. The molecule has 0 saturated heterocycles. The Balaban J connectivity index is 1.47. The first kappa shape index (κ1) is 23.2. The topological polar surface area (TPSA) is 0 Å². The molecule has 188 valence electrons. The molecule has 0 aliphatic heterocycles. The predicted octanol–water partition coefficient (Wildman–Crippen LogP) is 11.7. The molecule has 0 saturated carbocycles. The third-order valence-corrected chi connectivity index (χ3v) is 9.24. The van der Waals surface area contributed by atoms with Crippen molar-refractivity contribution in [2.24, 2.45) is 0 Å². The summed E-state index contributed by atoms with van der Waals surface area (Å²) in [6.07, 6.45) is 0. The predicted molar refractivity (Wildman–Crippen MR) is 175 cm³/mol. The van der Waals surface area contributed by atoms with Crippen molar-refractivity contribution in [1.29, 1.82) is 0 Å². The van der Waals surface area contributed by atoms with Crippen LogP contribution in [0, 0.1) is 6.92 Å². The van der Waals surface area contributed by atoms with Crippen molar-refractivity contribution in [2.75, 3.05) is 0 Å². The standard InChI is InChI=1S/C39H26S/c1-25-11-9-14-27(23-25)29-19-10-20-36-39(29)34-24-28(21-22-35(34)40-36)38-32-17-7-5-15-30(32)37(26-12-3-2-4-13-26)31-16-6-8-18-33(31)38/h2-24H,1H3. The van der Waals surface area contributed by atoms with Gasteiger partial charge in [-0.1, -0.05) is 127 Å². The highest BCUT2D eigenvalue weighted by Gasteiger charge is 2.18. The van der Waals surface area contributed by atoms with E-state index in [-0.39, 0.29) is 0 Å². The molecule has 0 spiro atoms. The average Bonchev–Trinajstić information content (AvgIpc) is 3.38. The van der Waals surface area contributed by atoms with Gasteiger partial charge in [-0.25, -0.2) is 0 Å². The zero-order valence-corrected chi connectivity index (χ0v) is 23.0. The van der Waals surface area contributed by atoms with Gasteiger partial charge in [-0.15, -0.1) is 11.3 Å². The first-order valence-electron chi connectivity index (χ1n) is 13.8. The summed E-state index contributed by atoms with van der Waals surface area (Å²) >= 11 is 1.89. The van der Waals surface area contributed by atoms with Crippen molar-refractivity contribution < 1.29 is 0 Å². The molecule has 1 heterocycles. The van der Waals surface area contributed by atoms with Gasteiger partial charge in [0.05, 0.1) is 0 Å². The van der Waals surface area contributed by atoms with Crippen LogP contribution in [-0.2, 0) is 0 Å². The Kier molecular flexibility index (Phi) is 5.33. The minimum Gasteiger partial charge on any atom is -0.135 e. The summed E-state index contributed by atoms with van der Waals surface area (Å²) in [4.78, 5) is 0. The van der Waals surface area contributed by atoms with Gasteiger partial charge in [0.1, 0.15) is 0 Å². The second-order valence-electron chi connectivity index (χ2n) is 10.6. The minimum absolute atomic E-state index is 1.25. The lowest BCUT2D eigenvalue weighted by Gasteiger charge is -2.17. The maximum atomic E-state index is 2.43. The van der Waals surface area contributed by atoms with Gasteiger partial charge in [-0.05, 0) is 80.0 Å². The quantitative estimate of drug-likeness (QED) is 0.201. The minimum atomic E-state index is 1.25. The Morgan fingerprint density at radius 2 is 1.00 bits per heavy atom. The molecule has 8 rings (SSSR count). The van der Waals surface area contributed by atoms with Gasteiger partial charge in [0.15, 0.2) is 0 Å². The number of hydrogen-bond acceptors (Lipinski definition) is 1. The van der Waals surface area contributed by atoms with Gasteiger partial charge in [0, 0.05) is 20.2 Å². The van der Waals surface area contributed by atoms with E-state index < -0.39 is 0 Å². The molecule has 0 radical (unpaired) electrons. The molecule has 7 aromatic carbocycles. The molecular formula is C39H26S. The monoisotopic (exact) mass is 526 g/mol. The number of rotatable bonds is 3. The normalized spacial score (nSPS) is 11.6. The van der Waals surface area contributed by atoms with Gasteiger partial charge in [-0.3, -0.25) is 0 Å². The molecule has 0 fully saturated rings. The molecule has 0 bridgehead atoms. The van der Waals surface area contributed by atoms with Crippen molar-refractivity contribution in [3.63, 3.8) is 0 Å². The van der Waals surface area contributed by atoms with Crippen molar-refractivity contribution in [1.82, 2.24) is 0 Å². The van der Waals surface area contributed by atoms with Gasteiger partial charge in [-0.2, -0.15) is 0 Å². The fraction of sp³-hybridized carbons (Fsp3) is 0.0256. The number of fused-ring (bicyclic) bond motifs is 5. The number of benzene rings is 7. The largest absolute Gasteiger partial charge is 0.135 e. The Bertz CT molecular complexity index is 2160. The van der Waals surface area contributed by atoms with Crippen LogP contribution >= 0.6 is 11.3 Å². The molecule has 0 aliphatic carbocycles. The highest BCUT2D eigenvalue weighted by molar-refractivity contribution is 7.26. The van der Waals surface area contributed by atoms with Crippen LogP contribution in [-0.4, -0.2) is 0 Å². The van der Waals surface area contributed by atoms with Crippen LogP contribution in [0.3, 0.4) is 0 Å². The third kappa shape index (κ3) is 3.59. The van der Waals surface area contributed by atoms with Crippen molar-refractivity contribution in [3.8, 4) is 33.4 Å². The lowest BCUT2D eigenvalue weighted by molar-refractivity contribution is 1.47. The van der Waals surface area contributed by atoms with E-state index in [1.54, 1.807) is 0 Å². The number of hydrogen-bond donors (Lipinski definition) is 0. The zero-order chi connectivity index (χ0) is 26.6. The summed E-state index contributed by atoms with van der Waals surface area (Å²) < 4.78 is 2.66. The van der Waals surface area contributed by atoms with Crippen LogP contribution in [0.4, 0.5) is 0 Å².